The number of aromatic nitrogens is 1. The lowest BCUT2D eigenvalue weighted by atomic mass is 10.1. The van der Waals surface area contributed by atoms with Crippen LogP contribution in [0.3, 0.4) is 0 Å². The molecule has 0 aromatic carbocycles. The van der Waals surface area contributed by atoms with Gasteiger partial charge in [-0.05, 0) is 24.1 Å². The Kier molecular flexibility index (Phi) is 3.59. The third-order valence-corrected chi connectivity index (χ3v) is 2.02. The van der Waals surface area contributed by atoms with Gasteiger partial charge in [-0.3, -0.25) is 4.98 Å². The number of rotatable bonds is 3. The van der Waals surface area contributed by atoms with Crippen molar-refractivity contribution < 1.29 is 14.6 Å². The number of aryl methyl sites for hydroxylation is 1. The Morgan fingerprint density at radius 1 is 1.71 bits per heavy atom. The summed E-state index contributed by atoms with van der Waals surface area (Å²) < 4.78 is 4.42. The molecule has 1 unspecified atom stereocenters. The molecule has 1 aromatic rings. The quantitative estimate of drug-likeness (QED) is 0.712. The van der Waals surface area contributed by atoms with E-state index in [1.165, 1.54) is 7.11 Å². The number of esters is 1. The number of pyridine rings is 1. The number of carbonyl (C=O) groups is 1. The van der Waals surface area contributed by atoms with Crippen molar-refractivity contribution in [1.29, 1.82) is 0 Å². The third kappa shape index (κ3) is 2.53. The normalized spacial score (nSPS) is 12.2. The molecule has 0 amide bonds. The maximum absolute atomic E-state index is 10.9. The summed E-state index contributed by atoms with van der Waals surface area (Å²) in [6.45, 7) is 1.88. The lowest BCUT2D eigenvalue weighted by molar-refractivity contribution is -0.150. The molecular weight excluding hydrogens is 182 g/mol. The highest BCUT2D eigenvalue weighted by Gasteiger charge is 2.16. The summed E-state index contributed by atoms with van der Waals surface area (Å²) in [5.74, 6) is -0.610. The minimum absolute atomic E-state index is 0.265. The molecule has 76 valence electrons. The fourth-order valence-corrected chi connectivity index (χ4v) is 1.16. The zero-order valence-electron chi connectivity index (χ0n) is 8.23. The van der Waals surface area contributed by atoms with Crippen molar-refractivity contribution >= 4 is 5.97 Å². The van der Waals surface area contributed by atoms with Crippen molar-refractivity contribution in [3.05, 3.63) is 29.6 Å². The van der Waals surface area contributed by atoms with E-state index in [4.69, 9.17) is 0 Å². The highest BCUT2D eigenvalue weighted by atomic mass is 16.5. The summed E-state index contributed by atoms with van der Waals surface area (Å²) in [4.78, 5) is 14.9. The van der Waals surface area contributed by atoms with Gasteiger partial charge in [0.05, 0.1) is 7.11 Å². The van der Waals surface area contributed by atoms with E-state index < -0.39 is 12.1 Å². The Labute approximate surface area is 82.5 Å². The second kappa shape index (κ2) is 4.72. The minimum atomic E-state index is -1.10. The van der Waals surface area contributed by atoms with Crippen molar-refractivity contribution in [2.75, 3.05) is 7.11 Å². The number of methoxy groups -OCH3 is 1. The average Bonchev–Trinajstić information content (AvgIpc) is 2.20. The van der Waals surface area contributed by atoms with E-state index in [9.17, 15) is 9.90 Å². The molecular formula is C10H13NO3. The molecule has 14 heavy (non-hydrogen) atoms. The summed E-state index contributed by atoms with van der Waals surface area (Å²) >= 11 is 0. The highest BCUT2D eigenvalue weighted by Crippen LogP contribution is 2.08. The van der Waals surface area contributed by atoms with E-state index in [1.807, 2.05) is 6.92 Å². The second-order valence-electron chi connectivity index (χ2n) is 3.05. The molecule has 0 saturated heterocycles. The van der Waals surface area contributed by atoms with Gasteiger partial charge in [-0.2, -0.15) is 0 Å². The van der Waals surface area contributed by atoms with Crippen LogP contribution in [-0.4, -0.2) is 29.3 Å². The predicted octanol–water partition coefficient (Wildman–Crippen LogP) is 0.466. The number of carbonyl (C=O) groups excluding carboxylic acids is 1. The Morgan fingerprint density at radius 3 is 3.00 bits per heavy atom. The Balaban J connectivity index is 2.69. The summed E-state index contributed by atoms with van der Waals surface area (Å²) in [5.41, 5.74) is 1.85. The number of aliphatic hydroxyl groups is 1. The van der Waals surface area contributed by atoms with Gasteiger partial charge in [0.1, 0.15) is 0 Å². The van der Waals surface area contributed by atoms with Gasteiger partial charge in [-0.25, -0.2) is 4.79 Å². The number of hydrogen-bond acceptors (Lipinski definition) is 4. The number of hydrogen-bond donors (Lipinski definition) is 1. The van der Waals surface area contributed by atoms with Crippen molar-refractivity contribution in [2.45, 2.75) is 19.4 Å². The Hall–Kier alpha value is -1.42. The highest BCUT2D eigenvalue weighted by molar-refractivity contribution is 5.74. The third-order valence-electron chi connectivity index (χ3n) is 2.02. The van der Waals surface area contributed by atoms with Crippen LogP contribution in [0.2, 0.25) is 0 Å². The zero-order chi connectivity index (χ0) is 10.6. The Morgan fingerprint density at radius 2 is 2.43 bits per heavy atom. The molecule has 1 heterocycles. The molecule has 0 saturated carbocycles. The van der Waals surface area contributed by atoms with E-state index in [1.54, 1.807) is 18.5 Å². The van der Waals surface area contributed by atoms with Crippen LogP contribution in [-0.2, 0) is 16.0 Å². The molecule has 0 fully saturated rings. The largest absolute Gasteiger partial charge is 0.467 e. The smallest absolute Gasteiger partial charge is 0.335 e. The second-order valence-corrected chi connectivity index (χ2v) is 3.05. The first kappa shape index (κ1) is 10.7. The first-order valence-corrected chi connectivity index (χ1v) is 4.30. The summed E-state index contributed by atoms with van der Waals surface area (Å²) in [6, 6.07) is 1.78. The Bertz CT molecular complexity index is 325. The number of aliphatic hydroxyl groups excluding tert-OH is 1. The lowest BCUT2D eigenvalue weighted by Crippen LogP contribution is -2.24. The molecule has 0 aliphatic rings. The average molecular weight is 195 g/mol. The lowest BCUT2D eigenvalue weighted by Gasteiger charge is -2.09. The van der Waals surface area contributed by atoms with Gasteiger partial charge in [0.25, 0.3) is 0 Å². The van der Waals surface area contributed by atoms with Gasteiger partial charge in [-0.15, -0.1) is 0 Å². The van der Waals surface area contributed by atoms with E-state index in [2.05, 4.69) is 9.72 Å². The van der Waals surface area contributed by atoms with Gasteiger partial charge in [0.2, 0.25) is 0 Å². The molecule has 1 atom stereocenters. The maximum atomic E-state index is 10.9. The van der Waals surface area contributed by atoms with Crippen LogP contribution in [0.25, 0.3) is 0 Å². The van der Waals surface area contributed by atoms with E-state index >= 15 is 0 Å². The summed E-state index contributed by atoms with van der Waals surface area (Å²) in [7, 11) is 1.25. The fourth-order valence-electron chi connectivity index (χ4n) is 1.16. The molecule has 4 heteroatoms. The van der Waals surface area contributed by atoms with Gasteiger partial charge >= 0.3 is 5.97 Å². The van der Waals surface area contributed by atoms with Crippen LogP contribution in [0.15, 0.2) is 18.5 Å². The minimum Gasteiger partial charge on any atom is -0.467 e. The number of ether oxygens (including phenoxy) is 1. The van der Waals surface area contributed by atoms with Crippen LogP contribution in [0.4, 0.5) is 0 Å². The van der Waals surface area contributed by atoms with E-state index in [0.29, 0.717) is 0 Å². The molecule has 0 aliphatic heterocycles. The predicted molar refractivity (Wildman–Crippen MR) is 50.7 cm³/mol. The molecule has 4 nitrogen and oxygen atoms in total. The van der Waals surface area contributed by atoms with Crippen molar-refractivity contribution in [3.63, 3.8) is 0 Å². The number of nitrogens with zero attached hydrogens (tertiary/aromatic N) is 1. The summed E-state index contributed by atoms with van der Waals surface area (Å²) in [6.07, 6.45) is 2.49. The van der Waals surface area contributed by atoms with Gasteiger partial charge in [0.15, 0.2) is 6.10 Å². The summed E-state index contributed by atoms with van der Waals surface area (Å²) in [5, 5.41) is 9.40. The van der Waals surface area contributed by atoms with Crippen molar-refractivity contribution in [2.24, 2.45) is 0 Å². The van der Waals surface area contributed by atoms with E-state index in [0.717, 1.165) is 11.1 Å². The topological polar surface area (TPSA) is 59.4 Å². The van der Waals surface area contributed by atoms with Gasteiger partial charge in [-0.1, -0.05) is 0 Å². The monoisotopic (exact) mass is 195 g/mol. The molecule has 0 bridgehead atoms. The van der Waals surface area contributed by atoms with Crippen molar-refractivity contribution in [3.8, 4) is 0 Å². The maximum Gasteiger partial charge on any atom is 0.335 e. The van der Waals surface area contributed by atoms with Gasteiger partial charge in [0, 0.05) is 18.8 Å². The van der Waals surface area contributed by atoms with Gasteiger partial charge < -0.3 is 9.84 Å². The molecule has 0 radical (unpaired) electrons. The zero-order valence-corrected chi connectivity index (χ0v) is 8.23. The van der Waals surface area contributed by atoms with Crippen LogP contribution < -0.4 is 0 Å². The van der Waals surface area contributed by atoms with Crippen molar-refractivity contribution in [1.82, 2.24) is 4.98 Å². The van der Waals surface area contributed by atoms with Crippen LogP contribution in [0, 0.1) is 6.92 Å². The standard InChI is InChI=1S/C10H13NO3/c1-7-6-11-4-3-8(7)5-9(12)10(13)14-2/h3-4,6,9,12H,5H2,1-2H3. The first-order chi connectivity index (χ1) is 6.65. The molecule has 0 spiro atoms. The SMILES string of the molecule is COC(=O)C(O)Cc1ccncc1C. The first-order valence-electron chi connectivity index (χ1n) is 4.30. The van der Waals surface area contributed by atoms with Crippen LogP contribution in [0.1, 0.15) is 11.1 Å². The van der Waals surface area contributed by atoms with E-state index in [-0.39, 0.29) is 6.42 Å². The van der Waals surface area contributed by atoms with Crippen LogP contribution in [0.5, 0.6) is 0 Å². The molecule has 1 N–H and O–H groups in total. The molecule has 1 rings (SSSR count). The molecule has 0 aliphatic carbocycles. The molecule has 1 aromatic heterocycles. The fraction of sp³-hybridized carbons (Fsp3) is 0.400. The van der Waals surface area contributed by atoms with Crippen LogP contribution >= 0.6 is 0 Å².